The number of halogens is 3. The SMILES string of the molecule is O=C(O)c1cccc2c1N=C(c1cccc(C(F)(F)F)c1)C2. The molecule has 112 valence electrons. The lowest BCUT2D eigenvalue weighted by Gasteiger charge is -2.08. The molecule has 0 amide bonds. The van der Waals surface area contributed by atoms with Gasteiger partial charge in [-0.1, -0.05) is 24.3 Å². The van der Waals surface area contributed by atoms with E-state index in [9.17, 15) is 18.0 Å². The summed E-state index contributed by atoms with van der Waals surface area (Å²) in [6.07, 6.45) is -4.11. The zero-order valence-electron chi connectivity index (χ0n) is 11.2. The van der Waals surface area contributed by atoms with Crippen molar-refractivity contribution in [2.24, 2.45) is 4.99 Å². The van der Waals surface area contributed by atoms with Gasteiger partial charge in [0.25, 0.3) is 0 Å². The van der Waals surface area contributed by atoms with Gasteiger partial charge in [-0.05, 0) is 29.3 Å². The van der Waals surface area contributed by atoms with Crippen molar-refractivity contribution >= 4 is 17.4 Å². The quantitative estimate of drug-likeness (QED) is 0.909. The number of carboxylic acid groups (broad SMARTS) is 1. The van der Waals surface area contributed by atoms with E-state index in [2.05, 4.69) is 4.99 Å². The second-order valence-corrected chi connectivity index (χ2v) is 4.93. The summed E-state index contributed by atoms with van der Waals surface area (Å²) in [5.74, 6) is -1.11. The average Bonchev–Trinajstić information content (AvgIpc) is 2.90. The van der Waals surface area contributed by atoms with Gasteiger partial charge in [0, 0.05) is 6.42 Å². The number of carboxylic acids is 1. The number of alkyl halides is 3. The number of benzene rings is 2. The van der Waals surface area contributed by atoms with Crippen LogP contribution in [0.5, 0.6) is 0 Å². The maximum absolute atomic E-state index is 12.8. The van der Waals surface area contributed by atoms with Crippen LogP contribution in [0.1, 0.15) is 27.0 Å². The van der Waals surface area contributed by atoms with E-state index in [1.807, 2.05) is 0 Å². The van der Waals surface area contributed by atoms with E-state index in [1.165, 1.54) is 12.1 Å². The summed E-state index contributed by atoms with van der Waals surface area (Å²) < 4.78 is 38.3. The Hall–Kier alpha value is -2.63. The third-order valence-electron chi connectivity index (χ3n) is 3.48. The molecule has 2 aromatic carbocycles. The molecule has 0 saturated heterocycles. The van der Waals surface area contributed by atoms with E-state index in [1.54, 1.807) is 18.2 Å². The maximum Gasteiger partial charge on any atom is 0.416 e. The van der Waals surface area contributed by atoms with E-state index in [4.69, 9.17) is 5.11 Å². The molecule has 0 saturated carbocycles. The summed E-state index contributed by atoms with van der Waals surface area (Å²) in [7, 11) is 0. The molecule has 22 heavy (non-hydrogen) atoms. The molecule has 0 unspecified atom stereocenters. The van der Waals surface area contributed by atoms with E-state index in [0.717, 1.165) is 12.1 Å². The van der Waals surface area contributed by atoms with Crippen molar-refractivity contribution in [3.05, 3.63) is 64.7 Å². The van der Waals surface area contributed by atoms with Gasteiger partial charge in [-0.3, -0.25) is 4.99 Å². The van der Waals surface area contributed by atoms with Crippen LogP contribution in [0.15, 0.2) is 47.5 Å². The zero-order chi connectivity index (χ0) is 15.9. The van der Waals surface area contributed by atoms with Gasteiger partial charge >= 0.3 is 12.1 Å². The highest BCUT2D eigenvalue weighted by atomic mass is 19.4. The molecule has 0 spiro atoms. The first-order chi connectivity index (χ1) is 10.4. The minimum atomic E-state index is -4.42. The molecule has 6 heteroatoms. The largest absolute Gasteiger partial charge is 0.478 e. The third-order valence-corrected chi connectivity index (χ3v) is 3.48. The Kier molecular flexibility index (Phi) is 3.24. The fraction of sp³-hybridized carbons (Fsp3) is 0.125. The summed E-state index contributed by atoms with van der Waals surface area (Å²) >= 11 is 0. The van der Waals surface area contributed by atoms with Crippen LogP contribution in [0.4, 0.5) is 18.9 Å². The highest BCUT2D eigenvalue weighted by Crippen LogP contribution is 2.34. The predicted molar refractivity (Wildman–Crippen MR) is 74.7 cm³/mol. The monoisotopic (exact) mass is 305 g/mol. The van der Waals surface area contributed by atoms with Crippen molar-refractivity contribution in [3.63, 3.8) is 0 Å². The van der Waals surface area contributed by atoms with Gasteiger partial charge in [0.15, 0.2) is 0 Å². The number of hydrogen-bond acceptors (Lipinski definition) is 2. The normalized spacial score (nSPS) is 13.7. The lowest BCUT2D eigenvalue weighted by atomic mass is 10.0. The first-order valence-corrected chi connectivity index (χ1v) is 6.46. The highest BCUT2D eigenvalue weighted by molar-refractivity contribution is 6.09. The summed E-state index contributed by atoms with van der Waals surface area (Å²) in [6, 6.07) is 9.65. The Morgan fingerprint density at radius 2 is 1.86 bits per heavy atom. The fourth-order valence-electron chi connectivity index (χ4n) is 2.44. The number of fused-ring (bicyclic) bond motifs is 1. The molecule has 2 aromatic rings. The summed E-state index contributed by atoms with van der Waals surface area (Å²) in [5, 5.41) is 9.14. The van der Waals surface area contributed by atoms with Crippen LogP contribution < -0.4 is 0 Å². The second kappa shape index (κ2) is 4.98. The number of para-hydroxylation sites is 1. The van der Waals surface area contributed by atoms with Gasteiger partial charge in [0.1, 0.15) is 0 Å². The van der Waals surface area contributed by atoms with Crippen molar-refractivity contribution in [2.45, 2.75) is 12.6 Å². The number of hydrogen-bond donors (Lipinski definition) is 1. The van der Waals surface area contributed by atoms with Crippen molar-refractivity contribution < 1.29 is 23.1 Å². The van der Waals surface area contributed by atoms with Crippen LogP contribution in [0.3, 0.4) is 0 Å². The van der Waals surface area contributed by atoms with Crippen molar-refractivity contribution in [3.8, 4) is 0 Å². The molecule has 3 nitrogen and oxygen atoms in total. The van der Waals surface area contributed by atoms with Gasteiger partial charge in [-0.25, -0.2) is 4.79 Å². The molecular weight excluding hydrogens is 295 g/mol. The molecule has 0 bridgehead atoms. The minimum Gasteiger partial charge on any atom is -0.478 e. The van der Waals surface area contributed by atoms with Gasteiger partial charge in [0.05, 0.1) is 22.5 Å². The molecule has 0 aromatic heterocycles. The minimum absolute atomic E-state index is 0.0551. The van der Waals surface area contributed by atoms with Crippen LogP contribution in [-0.4, -0.2) is 16.8 Å². The molecular formula is C16H10F3NO2. The summed E-state index contributed by atoms with van der Waals surface area (Å²) in [6.45, 7) is 0. The molecule has 0 aliphatic carbocycles. The summed E-state index contributed by atoms with van der Waals surface area (Å²) in [5.41, 5.74) is 1.12. The number of nitrogens with zero attached hydrogens (tertiary/aromatic N) is 1. The number of aliphatic imine (C=N–C) groups is 1. The van der Waals surface area contributed by atoms with Crippen molar-refractivity contribution in [1.29, 1.82) is 0 Å². The molecule has 0 radical (unpaired) electrons. The van der Waals surface area contributed by atoms with Gasteiger partial charge in [-0.15, -0.1) is 0 Å². The van der Waals surface area contributed by atoms with Gasteiger partial charge in [-0.2, -0.15) is 13.2 Å². The van der Waals surface area contributed by atoms with E-state index < -0.39 is 17.7 Å². The number of carbonyl (C=O) groups is 1. The Labute approximate surface area is 123 Å². The van der Waals surface area contributed by atoms with Crippen LogP contribution in [0.25, 0.3) is 0 Å². The van der Waals surface area contributed by atoms with Crippen LogP contribution in [0.2, 0.25) is 0 Å². The first-order valence-electron chi connectivity index (χ1n) is 6.46. The van der Waals surface area contributed by atoms with E-state index in [-0.39, 0.29) is 5.56 Å². The lowest BCUT2D eigenvalue weighted by Crippen LogP contribution is -2.07. The van der Waals surface area contributed by atoms with E-state index >= 15 is 0 Å². The second-order valence-electron chi connectivity index (χ2n) is 4.93. The smallest absolute Gasteiger partial charge is 0.416 e. The highest BCUT2D eigenvalue weighted by Gasteiger charge is 2.31. The van der Waals surface area contributed by atoms with Crippen molar-refractivity contribution in [2.75, 3.05) is 0 Å². The van der Waals surface area contributed by atoms with Crippen molar-refractivity contribution in [1.82, 2.24) is 0 Å². The number of rotatable bonds is 2. The van der Waals surface area contributed by atoms with Gasteiger partial charge in [0.2, 0.25) is 0 Å². The molecule has 0 fully saturated rings. The molecule has 1 aliphatic heterocycles. The molecule has 1 heterocycles. The molecule has 0 atom stereocenters. The molecule has 3 rings (SSSR count). The van der Waals surface area contributed by atoms with Crippen LogP contribution >= 0.6 is 0 Å². The number of aromatic carboxylic acids is 1. The third kappa shape index (κ3) is 2.47. The fourth-order valence-corrected chi connectivity index (χ4v) is 2.44. The Morgan fingerprint density at radius 1 is 1.14 bits per heavy atom. The zero-order valence-corrected chi connectivity index (χ0v) is 11.2. The Balaban J connectivity index is 2.04. The van der Waals surface area contributed by atoms with Crippen LogP contribution in [-0.2, 0) is 12.6 Å². The molecule has 1 aliphatic rings. The van der Waals surface area contributed by atoms with Crippen LogP contribution in [0, 0.1) is 0 Å². The standard InChI is InChI=1S/C16H10F3NO2/c17-16(18,19)11-5-1-3-9(7-11)13-8-10-4-2-6-12(15(21)22)14(10)20-13/h1-7H,8H2,(H,21,22). The maximum atomic E-state index is 12.8. The lowest BCUT2D eigenvalue weighted by molar-refractivity contribution is -0.137. The average molecular weight is 305 g/mol. The topological polar surface area (TPSA) is 49.7 Å². The Morgan fingerprint density at radius 3 is 2.55 bits per heavy atom. The first kappa shape index (κ1) is 14.3. The Bertz CT molecular complexity index is 794. The summed E-state index contributed by atoms with van der Waals surface area (Å²) in [4.78, 5) is 15.4. The molecule has 1 N–H and O–H groups in total. The van der Waals surface area contributed by atoms with Gasteiger partial charge < -0.3 is 5.11 Å². The van der Waals surface area contributed by atoms with E-state index in [0.29, 0.717) is 28.9 Å². The predicted octanol–water partition coefficient (Wildman–Crippen LogP) is 4.08.